The molecule has 0 unspecified atom stereocenters. The number of halogens is 3. The number of alkyl halides is 3. The van der Waals surface area contributed by atoms with Crippen LogP contribution in [0.4, 0.5) is 13.2 Å². The molecule has 0 saturated carbocycles. The molecule has 0 spiro atoms. The van der Waals surface area contributed by atoms with Crippen molar-refractivity contribution < 1.29 is 37.0 Å². The van der Waals surface area contributed by atoms with Crippen molar-refractivity contribution in [1.82, 2.24) is 35.9 Å². The summed E-state index contributed by atoms with van der Waals surface area (Å²) >= 11 is 0. The molecular formula is C23H26F3N7O5. The Morgan fingerprint density at radius 3 is 1.71 bits per heavy atom. The van der Waals surface area contributed by atoms with E-state index in [1.807, 2.05) is 0 Å². The first-order valence-electron chi connectivity index (χ1n) is 11.4. The second-order valence-electron chi connectivity index (χ2n) is 7.92. The number of rotatable bonds is 14. The maximum Gasteiger partial charge on any atom is 0.471 e. The van der Waals surface area contributed by atoms with Crippen LogP contribution < -0.4 is 25.4 Å². The SMILES string of the molecule is O=C(COc1cc(CNC(=O)C(F)(F)F)cc(OCC(=O)NCCc2cnc[nH]2)c1)NCCc1cnc[nH]1. The molecule has 3 rings (SSSR count). The molecule has 0 bridgehead atoms. The number of aromatic nitrogens is 4. The van der Waals surface area contributed by atoms with Crippen LogP contribution in [0.15, 0.2) is 43.2 Å². The lowest BCUT2D eigenvalue weighted by Crippen LogP contribution is -2.36. The summed E-state index contributed by atoms with van der Waals surface area (Å²) in [6.45, 7) is -0.585. The van der Waals surface area contributed by atoms with Gasteiger partial charge in [0.25, 0.3) is 11.8 Å². The van der Waals surface area contributed by atoms with Crippen molar-refractivity contribution in [3.8, 4) is 11.5 Å². The summed E-state index contributed by atoms with van der Waals surface area (Å²) in [5, 5.41) is 7.08. The summed E-state index contributed by atoms with van der Waals surface area (Å²) in [6.07, 6.45) is 2.32. The molecule has 0 aliphatic carbocycles. The molecule has 5 N–H and O–H groups in total. The van der Waals surface area contributed by atoms with Gasteiger partial charge in [0.1, 0.15) is 11.5 Å². The molecule has 0 fully saturated rings. The highest BCUT2D eigenvalue weighted by molar-refractivity contribution is 5.81. The molecule has 15 heteroatoms. The monoisotopic (exact) mass is 537 g/mol. The Bertz CT molecular complexity index is 1110. The summed E-state index contributed by atoms with van der Waals surface area (Å²) in [5.74, 6) is -2.78. The van der Waals surface area contributed by atoms with Gasteiger partial charge in [-0.2, -0.15) is 13.2 Å². The van der Waals surface area contributed by atoms with Crippen LogP contribution in [0.3, 0.4) is 0 Å². The molecule has 3 aromatic rings. The van der Waals surface area contributed by atoms with Gasteiger partial charge in [-0.25, -0.2) is 9.97 Å². The van der Waals surface area contributed by atoms with Crippen molar-refractivity contribution in [2.45, 2.75) is 25.6 Å². The molecule has 0 atom stereocenters. The number of carbonyl (C=O) groups is 3. The predicted molar refractivity (Wildman–Crippen MR) is 126 cm³/mol. The van der Waals surface area contributed by atoms with E-state index in [1.165, 1.54) is 30.9 Å². The molecule has 0 aliphatic heterocycles. The number of nitrogens with zero attached hydrogens (tertiary/aromatic N) is 2. The van der Waals surface area contributed by atoms with Crippen LogP contribution in [0.25, 0.3) is 0 Å². The van der Waals surface area contributed by atoms with E-state index in [1.54, 1.807) is 17.7 Å². The third-order valence-electron chi connectivity index (χ3n) is 4.93. The minimum atomic E-state index is -5.05. The highest BCUT2D eigenvalue weighted by Crippen LogP contribution is 2.24. The fourth-order valence-corrected chi connectivity index (χ4v) is 3.10. The number of H-pyrrole nitrogens is 2. The Morgan fingerprint density at radius 2 is 1.29 bits per heavy atom. The van der Waals surface area contributed by atoms with Crippen LogP contribution in [0.1, 0.15) is 17.0 Å². The number of ether oxygens (including phenoxy) is 2. The van der Waals surface area contributed by atoms with E-state index >= 15 is 0 Å². The van der Waals surface area contributed by atoms with Crippen molar-refractivity contribution in [1.29, 1.82) is 0 Å². The first-order valence-corrected chi connectivity index (χ1v) is 11.4. The number of nitrogens with one attached hydrogen (secondary N) is 5. The number of carbonyl (C=O) groups excluding carboxylic acids is 3. The number of aromatic amines is 2. The summed E-state index contributed by atoms with van der Waals surface area (Å²) < 4.78 is 48.6. The van der Waals surface area contributed by atoms with Gasteiger partial charge in [0.05, 0.1) is 12.7 Å². The van der Waals surface area contributed by atoms with E-state index in [9.17, 15) is 27.6 Å². The van der Waals surface area contributed by atoms with Crippen LogP contribution in [0.2, 0.25) is 0 Å². The van der Waals surface area contributed by atoms with Gasteiger partial charge in [-0.05, 0) is 17.7 Å². The minimum absolute atomic E-state index is 0.0992. The van der Waals surface area contributed by atoms with Crippen molar-refractivity contribution in [2.75, 3.05) is 26.3 Å². The quantitative estimate of drug-likeness (QED) is 0.203. The van der Waals surface area contributed by atoms with E-state index in [2.05, 4.69) is 30.6 Å². The van der Waals surface area contributed by atoms with Gasteiger partial charge < -0.3 is 35.4 Å². The van der Waals surface area contributed by atoms with Crippen molar-refractivity contribution >= 4 is 17.7 Å². The first kappa shape index (κ1) is 28.0. The molecule has 0 saturated heterocycles. The van der Waals surface area contributed by atoms with Crippen molar-refractivity contribution in [2.24, 2.45) is 0 Å². The number of hydrogen-bond acceptors (Lipinski definition) is 7. The molecule has 2 heterocycles. The maximum absolute atomic E-state index is 12.6. The summed E-state index contributed by atoms with van der Waals surface area (Å²) in [4.78, 5) is 49.0. The van der Waals surface area contributed by atoms with Gasteiger partial charge in [0.15, 0.2) is 13.2 Å². The fourth-order valence-electron chi connectivity index (χ4n) is 3.10. The Balaban J connectivity index is 1.54. The third kappa shape index (κ3) is 9.83. The fraction of sp³-hybridized carbons (Fsp3) is 0.348. The van der Waals surface area contributed by atoms with Gasteiger partial charge in [0.2, 0.25) is 0 Å². The Labute approximate surface area is 214 Å². The first-order chi connectivity index (χ1) is 18.2. The van der Waals surface area contributed by atoms with Crippen LogP contribution >= 0.6 is 0 Å². The average molecular weight is 537 g/mol. The summed E-state index contributed by atoms with van der Waals surface area (Å²) in [6, 6.07) is 4.09. The molecule has 0 radical (unpaired) electrons. The molecule has 0 aliphatic rings. The van der Waals surface area contributed by atoms with Crippen molar-refractivity contribution in [3.05, 3.63) is 60.2 Å². The van der Waals surface area contributed by atoms with Gasteiger partial charge in [-0.1, -0.05) is 0 Å². The maximum atomic E-state index is 12.6. The Hall–Kier alpha value is -4.56. The van der Waals surface area contributed by atoms with E-state index in [-0.39, 0.29) is 30.3 Å². The van der Waals surface area contributed by atoms with Gasteiger partial charge in [0, 0.05) is 62.3 Å². The zero-order chi connectivity index (χ0) is 27.4. The lowest BCUT2D eigenvalue weighted by atomic mass is 10.2. The lowest BCUT2D eigenvalue weighted by molar-refractivity contribution is -0.173. The standard InChI is InChI=1S/C23H26F3N7O5/c24-23(25,26)22(36)31-8-15-5-18(37-11-20(34)29-3-1-16-9-27-13-32-16)7-19(6-15)38-12-21(35)30-4-2-17-10-28-14-33-17/h5-7,9-10,13-14H,1-4,8,11-12H2,(H,27,32)(H,28,33)(H,29,34)(H,30,35)(H,31,36). The largest absolute Gasteiger partial charge is 0.484 e. The molecule has 38 heavy (non-hydrogen) atoms. The molecular weight excluding hydrogens is 511 g/mol. The van der Waals surface area contributed by atoms with E-state index in [0.29, 0.717) is 25.9 Å². The molecule has 3 amide bonds. The van der Waals surface area contributed by atoms with Gasteiger partial charge in [-0.15, -0.1) is 0 Å². The van der Waals surface area contributed by atoms with E-state index in [0.717, 1.165) is 11.4 Å². The van der Waals surface area contributed by atoms with E-state index < -0.39 is 30.4 Å². The third-order valence-corrected chi connectivity index (χ3v) is 4.93. The molecule has 204 valence electrons. The number of benzene rings is 1. The zero-order valence-electron chi connectivity index (χ0n) is 20.1. The average Bonchev–Trinajstić information content (AvgIpc) is 3.59. The normalized spacial score (nSPS) is 11.0. The molecule has 2 aromatic heterocycles. The van der Waals surface area contributed by atoms with Gasteiger partial charge in [-0.3, -0.25) is 14.4 Å². The molecule has 12 nitrogen and oxygen atoms in total. The highest BCUT2D eigenvalue weighted by Gasteiger charge is 2.38. The van der Waals surface area contributed by atoms with Crippen LogP contribution in [0.5, 0.6) is 11.5 Å². The lowest BCUT2D eigenvalue weighted by Gasteiger charge is -2.14. The zero-order valence-corrected chi connectivity index (χ0v) is 20.1. The predicted octanol–water partition coefficient (Wildman–Crippen LogP) is 0.787. The summed E-state index contributed by atoms with van der Waals surface area (Å²) in [5.41, 5.74) is 1.88. The van der Waals surface area contributed by atoms with E-state index in [4.69, 9.17) is 9.47 Å². The Kier molecular flexibility index (Phi) is 10.1. The smallest absolute Gasteiger partial charge is 0.471 e. The number of hydrogen-bond donors (Lipinski definition) is 5. The number of imidazole rings is 2. The Morgan fingerprint density at radius 1 is 0.789 bits per heavy atom. The number of amides is 3. The second-order valence-corrected chi connectivity index (χ2v) is 7.92. The van der Waals surface area contributed by atoms with Crippen LogP contribution in [-0.4, -0.2) is 70.1 Å². The van der Waals surface area contributed by atoms with Crippen LogP contribution in [-0.2, 0) is 33.8 Å². The second kappa shape index (κ2) is 13.7. The summed E-state index contributed by atoms with van der Waals surface area (Å²) in [7, 11) is 0. The minimum Gasteiger partial charge on any atom is -0.484 e. The highest BCUT2D eigenvalue weighted by atomic mass is 19.4. The topological polar surface area (TPSA) is 163 Å². The van der Waals surface area contributed by atoms with Crippen LogP contribution in [0, 0.1) is 0 Å². The van der Waals surface area contributed by atoms with Gasteiger partial charge >= 0.3 is 12.1 Å². The van der Waals surface area contributed by atoms with Crippen molar-refractivity contribution in [3.63, 3.8) is 0 Å². The molecule has 1 aromatic carbocycles.